The molecule has 3 aromatic rings. The molecule has 2 aromatic carbocycles. The zero-order valence-electron chi connectivity index (χ0n) is 18.8. The second kappa shape index (κ2) is 10.8. The van der Waals surface area contributed by atoms with E-state index in [1.54, 1.807) is 17.0 Å². The molecule has 4 rings (SSSR count). The van der Waals surface area contributed by atoms with Gasteiger partial charge < -0.3 is 15.0 Å². The number of esters is 1. The van der Waals surface area contributed by atoms with E-state index in [-0.39, 0.29) is 24.2 Å². The van der Waals surface area contributed by atoms with Gasteiger partial charge in [-0.25, -0.2) is 4.79 Å². The van der Waals surface area contributed by atoms with Crippen molar-refractivity contribution in [2.75, 3.05) is 19.0 Å². The topological polar surface area (TPSA) is 101 Å². The standard InChI is InChI=1S/C24H24N4O4S2/c1-15-3-5-16(6-4-15)12-28-13-19(11-20(28)29)21(30)25-23-26-27-24(34-23)33-14-17-7-9-18(10-8-17)22(31)32-2/h3-10,19H,11-14H2,1-2H3,(H,25,26,30)/t19-/m1/s1. The number of aromatic nitrogens is 2. The van der Waals surface area contributed by atoms with Gasteiger partial charge in [0.15, 0.2) is 4.34 Å². The number of aryl methyl sites for hydroxylation is 1. The summed E-state index contributed by atoms with van der Waals surface area (Å²) in [4.78, 5) is 38.4. The lowest BCUT2D eigenvalue weighted by Gasteiger charge is -2.16. The van der Waals surface area contributed by atoms with E-state index in [1.807, 2.05) is 43.3 Å². The first kappa shape index (κ1) is 23.9. The third kappa shape index (κ3) is 6.00. The number of carbonyl (C=O) groups is 3. The summed E-state index contributed by atoms with van der Waals surface area (Å²) in [7, 11) is 1.35. The number of thioether (sulfide) groups is 1. The quantitative estimate of drug-likeness (QED) is 0.287. The number of carbonyl (C=O) groups excluding carboxylic acids is 3. The molecule has 176 valence electrons. The summed E-state index contributed by atoms with van der Waals surface area (Å²) in [5.74, 6) is -0.370. The Bertz CT molecular complexity index is 1180. The minimum atomic E-state index is -0.411. The zero-order chi connectivity index (χ0) is 24.1. The van der Waals surface area contributed by atoms with E-state index in [0.717, 1.165) is 15.5 Å². The number of rotatable bonds is 8. The third-order valence-electron chi connectivity index (χ3n) is 5.45. The van der Waals surface area contributed by atoms with Crippen LogP contribution in [0.2, 0.25) is 0 Å². The van der Waals surface area contributed by atoms with Crippen LogP contribution in [0.1, 0.15) is 33.5 Å². The Labute approximate surface area is 205 Å². The number of hydrogen-bond acceptors (Lipinski definition) is 8. The molecule has 1 aromatic heterocycles. The molecule has 0 aliphatic carbocycles. The predicted molar refractivity (Wildman–Crippen MR) is 131 cm³/mol. The number of amides is 2. The molecule has 0 radical (unpaired) electrons. The van der Waals surface area contributed by atoms with Gasteiger partial charge in [0.05, 0.1) is 18.6 Å². The summed E-state index contributed by atoms with van der Waals surface area (Å²) in [6.45, 7) is 2.91. The summed E-state index contributed by atoms with van der Waals surface area (Å²) >= 11 is 2.78. The lowest BCUT2D eigenvalue weighted by Crippen LogP contribution is -2.28. The first-order valence-corrected chi connectivity index (χ1v) is 12.5. The van der Waals surface area contributed by atoms with E-state index < -0.39 is 5.92 Å². The van der Waals surface area contributed by atoms with Gasteiger partial charge in [-0.2, -0.15) is 0 Å². The first-order valence-electron chi connectivity index (χ1n) is 10.7. The van der Waals surface area contributed by atoms with E-state index in [1.165, 1.54) is 35.8 Å². The Balaban J connectivity index is 1.27. The van der Waals surface area contributed by atoms with Crippen LogP contribution in [0, 0.1) is 12.8 Å². The van der Waals surface area contributed by atoms with E-state index in [4.69, 9.17) is 4.74 Å². The molecule has 0 bridgehead atoms. The van der Waals surface area contributed by atoms with Gasteiger partial charge in [0.25, 0.3) is 0 Å². The molecule has 0 unspecified atom stereocenters. The van der Waals surface area contributed by atoms with Crippen molar-refractivity contribution in [2.45, 2.75) is 30.0 Å². The molecule has 1 aliphatic heterocycles. The number of hydrogen-bond donors (Lipinski definition) is 1. The highest BCUT2D eigenvalue weighted by Gasteiger charge is 2.34. The van der Waals surface area contributed by atoms with Gasteiger partial charge in [0.1, 0.15) is 0 Å². The molecule has 0 saturated carbocycles. The number of ether oxygens (including phenoxy) is 1. The van der Waals surface area contributed by atoms with Crippen LogP contribution in [0.25, 0.3) is 0 Å². The Morgan fingerprint density at radius 3 is 2.53 bits per heavy atom. The van der Waals surface area contributed by atoms with Gasteiger partial charge in [0, 0.05) is 25.3 Å². The van der Waals surface area contributed by atoms with Crippen LogP contribution >= 0.6 is 23.1 Å². The Morgan fingerprint density at radius 2 is 1.82 bits per heavy atom. The van der Waals surface area contributed by atoms with Crippen molar-refractivity contribution in [1.29, 1.82) is 0 Å². The molecule has 2 amide bonds. The number of benzene rings is 2. The number of methoxy groups -OCH3 is 1. The molecule has 8 nitrogen and oxygen atoms in total. The van der Waals surface area contributed by atoms with Crippen molar-refractivity contribution >= 4 is 46.0 Å². The maximum atomic E-state index is 12.7. The summed E-state index contributed by atoms with van der Waals surface area (Å²) < 4.78 is 5.42. The second-order valence-corrected chi connectivity index (χ2v) is 10.2. The summed E-state index contributed by atoms with van der Waals surface area (Å²) in [6, 6.07) is 15.2. The monoisotopic (exact) mass is 496 g/mol. The van der Waals surface area contributed by atoms with E-state index in [9.17, 15) is 14.4 Å². The van der Waals surface area contributed by atoms with Gasteiger partial charge in [-0.1, -0.05) is 65.1 Å². The molecule has 1 fully saturated rings. The minimum absolute atomic E-state index is 0.0209. The molecular weight excluding hydrogens is 472 g/mol. The molecule has 34 heavy (non-hydrogen) atoms. The van der Waals surface area contributed by atoms with Gasteiger partial charge in [-0.3, -0.25) is 9.59 Å². The van der Waals surface area contributed by atoms with Crippen LogP contribution < -0.4 is 5.32 Å². The maximum absolute atomic E-state index is 12.7. The van der Waals surface area contributed by atoms with Crippen molar-refractivity contribution in [3.8, 4) is 0 Å². The average Bonchev–Trinajstić information content (AvgIpc) is 3.45. The van der Waals surface area contributed by atoms with Crippen LogP contribution in [-0.2, 0) is 26.6 Å². The molecule has 0 spiro atoms. The summed E-state index contributed by atoms with van der Waals surface area (Å²) in [5, 5.41) is 11.4. The third-order valence-corrected chi connectivity index (χ3v) is 7.50. The SMILES string of the molecule is COC(=O)c1ccc(CSc2nnc(NC(=O)[C@@H]3CC(=O)N(Cc4ccc(C)cc4)C3)s2)cc1. The molecule has 1 aliphatic rings. The zero-order valence-corrected chi connectivity index (χ0v) is 20.4. The maximum Gasteiger partial charge on any atom is 0.337 e. The minimum Gasteiger partial charge on any atom is -0.465 e. The van der Waals surface area contributed by atoms with E-state index in [2.05, 4.69) is 15.5 Å². The van der Waals surface area contributed by atoms with Gasteiger partial charge in [-0.05, 0) is 30.2 Å². The fourth-order valence-electron chi connectivity index (χ4n) is 3.54. The van der Waals surface area contributed by atoms with Crippen LogP contribution in [-0.4, -0.2) is 46.5 Å². The van der Waals surface area contributed by atoms with E-state index >= 15 is 0 Å². The van der Waals surface area contributed by atoms with Crippen molar-refractivity contribution in [1.82, 2.24) is 15.1 Å². The molecule has 1 N–H and O–H groups in total. The molecule has 1 atom stereocenters. The lowest BCUT2D eigenvalue weighted by molar-refractivity contribution is -0.128. The predicted octanol–water partition coefficient (Wildman–Crippen LogP) is 3.91. The fourth-order valence-corrected chi connectivity index (χ4v) is 5.25. The highest BCUT2D eigenvalue weighted by atomic mass is 32.2. The van der Waals surface area contributed by atoms with Gasteiger partial charge in [-0.15, -0.1) is 10.2 Å². The van der Waals surface area contributed by atoms with Crippen LogP contribution in [0.15, 0.2) is 52.9 Å². The van der Waals surface area contributed by atoms with Crippen LogP contribution in [0.3, 0.4) is 0 Å². The number of likely N-dealkylation sites (tertiary alicyclic amines) is 1. The Kier molecular flexibility index (Phi) is 7.59. The molecule has 2 heterocycles. The smallest absolute Gasteiger partial charge is 0.337 e. The van der Waals surface area contributed by atoms with Gasteiger partial charge in [0.2, 0.25) is 16.9 Å². The highest BCUT2D eigenvalue weighted by Crippen LogP contribution is 2.29. The van der Waals surface area contributed by atoms with Gasteiger partial charge >= 0.3 is 5.97 Å². The van der Waals surface area contributed by atoms with E-state index in [0.29, 0.717) is 29.5 Å². The van der Waals surface area contributed by atoms with Crippen LogP contribution in [0.5, 0.6) is 0 Å². The van der Waals surface area contributed by atoms with Crippen molar-refractivity contribution in [2.24, 2.45) is 5.92 Å². The normalized spacial score (nSPS) is 15.4. The fraction of sp³-hybridized carbons (Fsp3) is 0.292. The van der Waals surface area contributed by atoms with Crippen molar-refractivity contribution < 1.29 is 19.1 Å². The molecule has 1 saturated heterocycles. The Hall–Kier alpha value is -3.24. The van der Waals surface area contributed by atoms with Crippen LogP contribution in [0.4, 0.5) is 5.13 Å². The summed E-state index contributed by atoms with van der Waals surface area (Å²) in [6.07, 6.45) is 0.194. The summed E-state index contributed by atoms with van der Waals surface area (Å²) in [5.41, 5.74) is 3.74. The first-order chi connectivity index (χ1) is 16.4. The second-order valence-electron chi connectivity index (χ2n) is 8.00. The molecular formula is C24H24N4O4S2. The van der Waals surface area contributed by atoms with Crippen molar-refractivity contribution in [3.63, 3.8) is 0 Å². The number of nitrogens with one attached hydrogen (secondary N) is 1. The lowest BCUT2D eigenvalue weighted by atomic mass is 10.1. The average molecular weight is 497 g/mol. The largest absolute Gasteiger partial charge is 0.465 e. The Morgan fingerprint density at radius 1 is 1.12 bits per heavy atom. The highest BCUT2D eigenvalue weighted by molar-refractivity contribution is 8.00. The number of anilines is 1. The number of nitrogens with zero attached hydrogens (tertiary/aromatic N) is 3. The van der Waals surface area contributed by atoms with Crippen molar-refractivity contribution in [3.05, 3.63) is 70.8 Å². The molecule has 10 heteroatoms.